The van der Waals surface area contributed by atoms with E-state index in [0.717, 1.165) is 24.8 Å². The van der Waals surface area contributed by atoms with Crippen LogP contribution in [0.1, 0.15) is 49.6 Å². The second-order valence-electron chi connectivity index (χ2n) is 10.6. The molecule has 0 N–H and O–H groups in total. The van der Waals surface area contributed by atoms with E-state index in [1.807, 2.05) is 0 Å². The van der Waals surface area contributed by atoms with Gasteiger partial charge in [-0.15, -0.1) is 0 Å². The lowest BCUT2D eigenvalue weighted by Crippen LogP contribution is -2.40. The number of carbonyl (C=O) groups excluding carboxylic acids is 4. The van der Waals surface area contributed by atoms with Crippen LogP contribution in [0.25, 0.3) is 10.9 Å². The molecule has 2 bridgehead atoms. The number of rotatable bonds is 5. The topological polar surface area (TPSA) is 92.2 Å². The van der Waals surface area contributed by atoms with Crippen molar-refractivity contribution in [3.05, 3.63) is 58.5 Å². The lowest BCUT2D eigenvalue weighted by atomic mass is 9.88. The molecule has 0 atom stereocenters. The third kappa shape index (κ3) is 4.24. The summed E-state index contributed by atoms with van der Waals surface area (Å²) in [7, 11) is 7.98. The van der Waals surface area contributed by atoms with Gasteiger partial charge in [0.1, 0.15) is 17.3 Å². The van der Waals surface area contributed by atoms with Crippen LogP contribution in [0.4, 0.5) is 14.9 Å². The monoisotopic (exact) mass is 534 g/mol. The number of methoxy groups -OCH3 is 1. The Balaban J connectivity index is 1.55. The summed E-state index contributed by atoms with van der Waals surface area (Å²) < 4.78 is 20.1. The first-order chi connectivity index (χ1) is 18.5. The second kappa shape index (κ2) is 9.83. The number of hydrogen-bond donors (Lipinski definition) is 0. The van der Waals surface area contributed by atoms with Crippen molar-refractivity contribution in [3.63, 3.8) is 0 Å². The molecular formula is C29H31FN4O5. The van der Waals surface area contributed by atoms with Crippen LogP contribution in [0.15, 0.2) is 30.3 Å². The van der Waals surface area contributed by atoms with Crippen LogP contribution in [-0.4, -0.2) is 86.3 Å². The molecule has 1 fully saturated rings. The minimum atomic E-state index is -0.836. The summed E-state index contributed by atoms with van der Waals surface area (Å²) in [4.78, 5) is 58.8. The third-order valence-electron chi connectivity index (χ3n) is 7.64. The number of carbonyl (C=O) groups is 4. The highest BCUT2D eigenvalue weighted by atomic mass is 19.1. The van der Waals surface area contributed by atoms with Gasteiger partial charge in [-0.3, -0.25) is 19.0 Å². The number of ether oxygens (including phenoxy) is 1. The molecule has 9 nitrogen and oxygen atoms in total. The van der Waals surface area contributed by atoms with Crippen molar-refractivity contribution in [1.82, 2.24) is 14.4 Å². The fourth-order valence-corrected chi connectivity index (χ4v) is 5.72. The van der Waals surface area contributed by atoms with Gasteiger partial charge in [-0.05, 0) is 42.9 Å². The van der Waals surface area contributed by atoms with Crippen LogP contribution in [-0.2, 0) is 6.42 Å². The number of nitrogens with zero attached hydrogens (tertiary/aromatic N) is 4. The van der Waals surface area contributed by atoms with Crippen molar-refractivity contribution in [2.45, 2.75) is 19.3 Å². The van der Waals surface area contributed by atoms with E-state index >= 15 is 0 Å². The minimum absolute atomic E-state index is 0.0144. The number of fused-ring (bicyclic) bond motifs is 1. The van der Waals surface area contributed by atoms with Crippen LogP contribution in [0.5, 0.6) is 5.75 Å². The maximum Gasteiger partial charge on any atom is 0.328 e. The largest absolute Gasteiger partial charge is 0.496 e. The van der Waals surface area contributed by atoms with Gasteiger partial charge in [-0.2, -0.15) is 0 Å². The second-order valence-corrected chi connectivity index (χ2v) is 10.6. The summed E-state index contributed by atoms with van der Waals surface area (Å²) in [5.74, 6) is -1.84. The molecule has 10 heteroatoms. The highest BCUT2D eigenvalue weighted by molar-refractivity contribution is 6.56. The average molecular weight is 535 g/mol. The molecule has 2 amide bonds. The smallest absolute Gasteiger partial charge is 0.328 e. The molecule has 1 aromatic heterocycles. The number of amides is 2. The number of piperidine rings is 1. The Labute approximate surface area is 225 Å². The van der Waals surface area contributed by atoms with E-state index in [-0.39, 0.29) is 34.3 Å². The number of aromatic nitrogens is 1. The molecule has 5 rings (SSSR count). The number of Topliss-reactive ketones (excluding diaryl/α,β-unsaturated/α-hetero) is 2. The van der Waals surface area contributed by atoms with Crippen LogP contribution in [0.3, 0.4) is 0 Å². The fraction of sp³-hybridized carbons (Fsp3) is 0.379. The zero-order valence-corrected chi connectivity index (χ0v) is 22.7. The zero-order valence-electron chi connectivity index (χ0n) is 22.7. The van der Waals surface area contributed by atoms with E-state index < -0.39 is 17.6 Å². The number of ketones is 2. The van der Waals surface area contributed by atoms with Gasteiger partial charge in [0.2, 0.25) is 5.78 Å². The molecule has 0 saturated carbocycles. The summed E-state index contributed by atoms with van der Waals surface area (Å²) in [6.07, 6.45) is 2.28. The fourth-order valence-electron chi connectivity index (χ4n) is 5.72. The van der Waals surface area contributed by atoms with Gasteiger partial charge in [-0.25, -0.2) is 9.18 Å². The first kappa shape index (κ1) is 26.4. The first-order valence-electron chi connectivity index (χ1n) is 12.9. The third-order valence-corrected chi connectivity index (χ3v) is 7.64. The van der Waals surface area contributed by atoms with Gasteiger partial charge in [0.05, 0.1) is 29.4 Å². The van der Waals surface area contributed by atoms with Crippen LogP contribution in [0, 0.1) is 11.7 Å². The molecule has 39 heavy (non-hydrogen) atoms. The first-order valence-corrected chi connectivity index (χ1v) is 12.9. The molecule has 0 unspecified atom stereocenters. The Morgan fingerprint density at radius 2 is 1.67 bits per heavy atom. The predicted octanol–water partition coefficient (Wildman–Crippen LogP) is 3.86. The summed E-state index contributed by atoms with van der Waals surface area (Å²) >= 11 is 0. The number of likely N-dealkylation sites (tertiary alicyclic amines) is 1. The molecule has 204 valence electrons. The molecule has 0 radical (unpaired) electrons. The van der Waals surface area contributed by atoms with Crippen LogP contribution >= 0.6 is 0 Å². The van der Waals surface area contributed by atoms with Crippen LogP contribution < -0.4 is 9.64 Å². The zero-order chi connectivity index (χ0) is 28.2. The Morgan fingerprint density at radius 1 is 1.03 bits per heavy atom. The van der Waals surface area contributed by atoms with Crippen molar-refractivity contribution in [2.24, 2.45) is 5.92 Å². The Kier molecular flexibility index (Phi) is 6.65. The van der Waals surface area contributed by atoms with Crippen molar-refractivity contribution < 1.29 is 28.3 Å². The number of hydrogen-bond acceptors (Lipinski definition) is 6. The highest BCUT2D eigenvalue weighted by Gasteiger charge is 2.43. The molecule has 2 aromatic carbocycles. The Hall–Kier alpha value is -4.21. The van der Waals surface area contributed by atoms with Crippen molar-refractivity contribution in [2.75, 3.05) is 53.3 Å². The Morgan fingerprint density at radius 3 is 2.23 bits per heavy atom. The normalized spacial score (nSPS) is 15.3. The molecule has 0 spiro atoms. The van der Waals surface area contributed by atoms with Crippen molar-refractivity contribution >= 4 is 40.1 Å². The van der Waals surface area contributed by atoms with Gasteiger partial charge in [0, 0.05) is 52.7 Å². The number of benzene rings is 2. The molecule has 2 aliphatic rings. The Bertz CT molecular complexity index is 1520. The average Bonchev–Trinajstić information content (AvgIpc) is 3.24. The quantitative estimate of drug-likeness (QED) is 0.462. The summed E-state index contributed by atoms with van der Waals surface area (Å²) in [6, 6.07) is 7.55. The highest BCUT2D eigenvalue weighted by Crippen LogP contribution is 2.45. The van der Waals surface area contributed by atoms with Gasteiger partial charge < -0.3 is 19.4 Å². The minimum Gasteiger partial charge on any atom is -0.496 e. The number of anilines is 1. The number of halogens is 1. The maximum atomic E-state index is 14.0. The van der Waals surface area contributed by atoms with E-state index in [1.54, 1.807) is 56.2 Å². The van der Waals surface area contributed by atoms with Crippen molar-refractivity contribution in [1.29, 1.82) is 0 Å². The van der Waals surface area contributed by atoms with E-state index in [1.165, 1.54) is 28.7 Å². The van der Waals surface area contributed by atoms with E-state index in [9.17, 15) is 23.6 Å². The lowest BCUT2D eigenvalue weighted by Gasteiger charge is -2.33. The van der Waals surface area contributed by atoms with Crippen molar-refractivity contribution in [3.8, 4) is 5.75 Å². The molecule has 2 heterocycles. The van der Waals surface area contributed by atoms with E-state index in [2.05, 4.69) is 0 Å². The predicted molar refractivity (Wildman–Crippen MR) is 145 cm³/mol. The van der Waals surface area contributed by atoms with Gasteiger partial charge in [0.15, 0.2) is 0 Å². The summed E-state index contributed by atoms with van der Waals surface area (Å²) in [5.41, 5.74) is 1.83. The molecule has 1 aliphatic heterocycles. The van der Waals surface area contributed by atoms with Gasteiger partial charge in [-0.1, -0.05) is 12.1 Å². The van der Waals surface area contributed by atoms with Gasteiger partial charge in [0.25, 0.3) is 11.7 Å². The molecule has 1 saturated heterocycles. The summed E-state index contributed by atoms with van der Waals surface area (Å²) in [6.45, 7) is 0.943. The van der Waals surface area contributed by atoms with E-state index in [0.29, 0.717) is 35.6 Å². The molecule has 1 aliphatic carbocycles. The lowest BCUT2D eigenvalue weighted by molar-refractivity contribution is 0.0682. The standard InChI is InChI=1S/C29H31FN4O5/c1-31(2)24-21-19-15-20(39-5)22(23(21)26(35)27(36)25(24)34(19)29(38)32(3)4)28(37)33-12-10-17(11-13-33)14-16-6-8-18(30)9-7-16/h6-9,15,17H,10-14H2,1-5H3. The van der Waals surface area contributed by atoms with E-state index in [4.69, 9.17) is 4.74 Å². The summed E-state index contributed by atoms with van der Waals surface area (Å²) in [5, 5.41) is 0.394. The van der Waals surface area contributed by atoms with Gasteiger partial charge >= 0.3 is 6.03 Å². The molecular weight excluding hydrogens is 503 g/mol. The molecule has 3 aromatic rings. The van der Waals surface area contributed by atoms with Crippen LogP contribution in [0.2, 0.25) is 0 Å². The SMILES string of the molecule is COc1cc2c3c(c1C(=O)N1CCC(Cc4ccc(F)cc4)CC1)C(=O)C(=O)c(c3N(C)C)n2C(=O)N(C)C. The maximum absolute atomic E-state index is 14.0.